The molecule has 0 aliphatic carbocycles. The summed E-state index contributed by atoms with van der Waals surface area (Å²) in [5.74, 6) is -0.465. The van der Waals surface area contributed by atoms with Crippen LogP contribution in [0.2, 0.25) is 0 Å². The Bertz CT molecular complexity index is 586. The number of amides is 1. The zero-order valence-corrected chi connectivity index (χ0v) is 11.6. The smallest absolute Gasteiger partial charge is 0.220 e. The first-order chi connectivity index (χ1) is 10.2. The van der Waals surface area contributed by atoms with Gasteiger partial charge in [0.05, 0.1) is 12.6 Å². The van der Waals surface area contributed by atoms with E-state index in [0.29, 0.717) is 6.42 Å². The first-order valence-corrected chi connectivity index (χ1v) is 6.88. The van der Waals surface area contributed by atoms with Gasteiger partial charge in [0, 0.05) is 6.42 Å². The largest absolute Gasteiger partial charge is 0.394 e. The maximum Gasteiger partial charge on any atom is 0.220 e. The van der Waals surface area contributed by atoms with Crippen molar-refractivity contribution in [3.05, 3.63) is 71.5 Å². The lowest BCUT2D eigenvalue weighted by Gasteiger charge is -2.16. The quantitative estimate of drug-likeness (QED) is 0.858. The molecule has 0 saturated heterocycles. The number of hydrogen-bond donors (Lipinski definition) is 2. The van der Waals surface area contributed by atoms with Crippen LogP contribution in [0.3, 0.4) is 0 Å². The first-order valence-electron chi connectivity index (χ1n) is 6.88. The van der Waals surface area contributed by atoms with Crippen LogP contribution < -0.4 is 5.32 Å². The van der Waals surface area contributed by atoms with E-state index in [1.807, 2.05) is 30.3 Å². The average Bonchev–Trinajstić information content (AvgIpc) is 2.51. The Kier molecular flexibility index (Phi) is 5.46. The Balaban J connectivity index is 1.89. The van der Waals surface area contributed by atoms with E-state index in [-0.39, 0.29) is 24.8 Å². The summed E-state index contributed by atoms with van der Waals surface area (Å²) in [6, 6.07) is 15.1. The highest BCUT2D eigenvalue weighted by Gasteiger charge is 2.13. The van der Waals surface area contributed by atoms with Crippen LogP contribution in [0.15, 0.2) is 54.6 Å². The topological polar surface area (TPSA) is 49.3 Å². The molecule has 110 valence electrons. The standard InChI is InChI=1S/C17H18FNO2/c18-15-8-4-5-13(11-15)9-10-17(21)19-16(12-20)14-6-2-1-3-7-14/h1-8,11,16,20H,9-10,12H2,(H,19,21)/t16-/m1/s1. The molecule has 0 bridgehead atoms. The molecule has 0 unspecified atom stereocenters. The molecule has 0 saturated carbocycles. The van der Waals surface area contributed by atoms with Crippen molar-refractivity contribution in [2.24, 2.45) is 0 Å². The molecule has 21 heavy (non-hydrogen) atoms. The summed E-state index contributed by atoms with van der Waals surface area (Å²) in [6.07, 6.45) is 0.726. The van der Waals surface area contributed by atoms with Gasteiger partial charge in [0.1, 0.15) is 5.82 Å². The average molecular weight is 287 g/mol. The summed E-state index contributed by atoms with van der Waals surface area (Å²) >= 11 is 0. The molecule has 0 aliphatic heterocycles. The lowest BCUT2D eigenvalue weighted by molar-refractivity contribution is -0.122. The maximum atomic E-state index is 13.0. The van der Waals surface area contributed by atoms with Crippen molar-refractivity contribution in [2.75, 3.05) is 6.61 Å². The predicted molar refractivity (Wildman–Crippen MR) is 79.1 cm³/mol. The highest BCUT2D eigenvalue weighted by Crippen LogP contribution is 2.12. The van der Waals surface area contributed by atoms with Crippen molar-refractivity contribution in [2.45, 2.75) is 18.9 Å². The molecule has 0 aromatic heterocycles. The van der Waals surface area contributed by atoms with Crippen molar-refractivity contribution in [3.63, 3.8) is 0 Å². The van der Waals surface area contributed by atoms with E-state index in [1.54, 1.807) is 12.1 Å². The number of carbonyl (C=O) groups is 1. The fourth-order valence-electron chi connectivity index (χ4n) is 2.14. The van der Waals surface area contributed by atoms with Gasteiger partial charge in [-0.3, -0.25) is 4.79 Å². The fraction of sp³-hybridized carbons (Fsp3) is 0.235. The third-order valence-corrected chi connectivity index (χ3v) is 3.25. The molecule has 2 aromatic rings. The molecule has 2 rings (SSSR count). The molecule has 0 heterocycles. The molecule has 0 spiro atoms. The third-order valence-electron chi connectivity index (χ3n) is 3.25. The van der Waals surface area contributed by atoms with Crippen LogP contribution in [0, 0.1) is 5.82 Å². The minimum Gasteiger partial charge on any atom is -0.394 e. The SMILES string of the molecule is O=C(CCc1cccc(F)c1)N[C@H](CO)c1ccccc1. The summed E-state index contributed by atoms with van der Waals surface area (Å²) in [5, 5.41) is 12.2. The van der Waals surface area contributed by atoms with Gasteiger partial charge in [-0.2, -0.15) is 0 Å². The maximum absolute atomic E-state index is 13.0. The number of halogens is 1. The highest BCUT2D eigenvalue weighted by atomic mass is 19.1. The van der Waals surface area contributed by atoms with Gasteiger partial charge < -0.3 is 10.4 Å². The second-order valence-corrected chi connectivity index (χ2v) is 4.84. The summed E-state index contributed by atoms with van der Waals surface area (Å²) in [4.78, 5) is 11.9. The molecule has 4 heteroatoms. The highest BCUT2D eigenvalue weighted by molar-refractivity contribution is 5.76. The van der Waals surface area contributed by atoms with Gasteiger partial charge in [-0.25, -0.2) is 4.39 Å². The van der Waals surface area contributed by atoms with Crippen LogP contribution in [0.4, 0.5) is 4.39 Å². The van der Waals surface area contributed by atoms with Gasteiger partial charge in [-0.15, -0.1) is 0 Å². The Morgan fingerprint density at radius 3 is 2.57 bits per heavy atom. The van der Waals surface area contributed by atoms with Gasteiger partial charge in [0.2, 0.25) is 5.91 Å². The normalized spacial score (nSPS) is 11.9. The lowest BCUT2D eigenvalue weighted by atomic mass is 10.1. The van der Waals surface area contributed by atoms with Crippen LogP contribution in [-0.4, -0.2) is 17.6 Å². The predicted octanol–water partition coefficient (Wildman–Crippen LogP) is 2.61. The number of rotatable bonds is 6. The van der Waals surface area contributed by atoms with E-state index in [1.165, 1.54) is 12.1 Å². The van der Waals surface area contributed by atoms with Crippen LogP contribution in [0.5, 0.6) is 0 Å². The minimum atomic E-state index is -0.411. The molecular weight excluding hydrogens is 269 g/mol. The van der Waals surface area contributed by atoms with Crippen LogP contribution >= 0.6 is 0 Å². The van der Waals surface area contributed by atoms with E-state index < -0.39 is 6.04 Å². The molecule has 0 aliphatic rings. The van der Waals surface area contributed by atoms with Gasteiger partial charge >= 0.3 is 0 Å². The summed E-state index contributed by atoms with van der Waals surface area (Å²) in [6.45, 7) is -0.157. The molecule has 2 aromatic carbocycles. The zero-order chi connectivity index (χ0) is 15.1. The van der Waals surface area contributed by atoms with E-state index in [0.717, 1.165) is 11.1 Å². The number of hydrogen-bond acceptors (Lipinski definition) is 2. The summed E-state index contributed by atoms with van der Waals surface area (Å²) < 4.78 is 13.0. The second-order valence-electron chi connectivity index (χ2n) is 4.84. The Morgan fingerprint density at radius 2 is 1.90 bits per heavy atom. The summed E-state index contributed by atoms with van der Waals surface area (Å²) in [5.41, 5.74) is 1.64. The molecule has 1 amide bonds. The van der Waals surface area contributed by atoms with Crippen LogP contribution in [0.1, 0.15) is 23.6 Å². The molecule has 0 fully saturated rings. The van der Waals surface area contributed by atoms with Crippen LogP contribution in [0.25, 0.3) is 0 Å². The number of nitrogens with one attached hydrogen (secondary N) is 1. The van der Waals surface area contributed by atoms with Gasteiger partial charge in [0.15, 0.2) is 0 Å². The Morgan fingerprint density at radius 1 is 1.14 bits per heavy atom. The van der Waals surface area contributed by atoms with E-state index in [4.69, 9.17) is 0 Å². The Hall–Kier alpha value is -2.20. The first kappa shape index (κ1) is 15.2. The molecule has 1 atom stereocenters. The monoisotopic (exact) mass is 287 g/mol. The second kappa shape index (κ2) is 7.55. The van der Waals surface area contributed by atoms with E-state index in [2.05, 4.69) is 5.32 Å². The molecule has 0 radical (unpaired) electrons. The zero-order valence-electron chi connectivity index (χ0n) is 11.6. The third kappa shape index (κ3) is 4.68. The van der Waals surface area contributed by atoms with Crippen LogP contribution in [-0.2, 0) is 11.2 Å². The molecule has 2 N–H and O–H groups in total. The van der Waals surface area contributed by atoms with Gasteiger partial charge in [-0.1, -0.05) is 42.5 Å². The lowest BCUT2D eigenvalue weighted by Crippen LogP contribution is -2.30. The fourth-order valence-corrected chi connectivity index (χ4v) is 2.14. The minimum absolute atomic E-state index is 0.157. The van der Waals surface area contributed by atoms with Crippen molar-refractivity contribution in [3.8, 4) is 0 Å². The number of benzene rings is 2. The number of aryl methyl sites for hydroxylation is 1. The van der Waals surface area contributed by atoms with Crippen molar-refractivity contribution in [1.82, 2.24) is 5.32 Å². The molecule has 3 nitrogen and oxygen atoms in total. The van der Waals surface area contributed by atoms with E-state index >= 15 is 0 Å². The molecular formula is C17H18FNO2. The van der Waals surface area contributed by atoms with E-state index in [9.17, 15) is 14.3 Å². The number of aliphatic hydroxyl groups excluding tert-OH is 1. The Labute approximate surface area is 123 Å². The number of aliphatic hydroxyl groups is 1. The van der Waals surface area contributed by atoms with Gasteiger partial charge in [-0.05, 0) is 29.7 Å². The van der Waals surface area contributed by atoms with Crippen molar-refractivity contribution in [1.29, 1.82) is 0 Å². The van der Waals surface area contributed by atoms with Crippen molar-refractivity contribution < 1.29 is 14.3 Å². The van der Waals surface area contributed by atoms with Gasteiger partial charge in [0.25, 0.3) is 0 Å². The summed E-state index contributed by atoms with van der Waals surface area (Å²) in [7, 11) is 0. The van der Waals surface area contributed by atoms with Crippen molar-refractivity contribution >= 4 is 5.91 Å². The number of carbonyl (C=O) groups excluding carboxylic acids is 1.